The molecule has 2 aromatic rings. The number of hydrogen-bond donors (Lipinski definition) is 2. The van der Waals surface area contributed by atoms with E-state index in [0.717, 1.165) is 5.56 Å². The van der Waals surface area contributed by atoms with Crippen LogP contribution in [0.5, 0.6) is 5.75 Å². The predicted octanol–water partition coefficient (Wildman–Crippen LogP) is 2.52. The molecule has 0 amide bonds. The number of rotatable bonds is 5. The molecule has 2 rings (SSSR count). The van der Waals surface area contributed by atoms with Gasteiger partial charge in [0.2, 0.25) is 0 Å². The zero-order valence-electron chi connectivity index (χ0n) is 10.5. The Labute approximate surface area is 111 Å². The summed E-state index contributed by atoms with van der Waals surface area (Å²) < 4.78 is 18.9. The van der Waals surface area contributed by atoms with Crippen molar-refractivity contribution in [1.82, 2.24) is 0 Å². The zero-order chi connectivity index (χ0) is 13.7. The van der Waals surface area contributed by atoms with Gasteiger partial charge in [-0.2, -0.15) is 0 Å². The van der Waals surface area contributed by atoms with E-state index < -0.39 is 5.82 Å². The lowest BCUT2D eigenvalue weighted by Gasteiger charge is -2.11. The van der Waals surface area contributed by atoms with E-state index in [9.17, 15) is 4.39 Å². The molecule has 0 bridgehead atoms. The minimum atomic E-state index is -0.440. The van der Waals surface area contributed by atoms with Gasteiger partial charge in [0.1, 0.15) is 18.2 Å². The molecule has 0 spiro atoms. The van der Waals surface area contributed by atoms with E-state index in [1.54, 1.807) is 6.07 Å². The Kier molecular flexibility index (Phi) is 4.36. The van der Waals surface area contributed by atoms with Crippen LogP contribution in [0.15, 0.2) is 42.5 Å². The van der Waals surface area contributed by atoms with Crippen molar-refractivity contribution in [2.45, 2.75) is 13.0 Å². The second-order valence-electron chi connectivity index (χ2n) is 4.23. The van der Waals surface area contributed by atoms with Crippen LogP contribution in [0.1, 0.15) is 11.1 Å². The van der Waals surface area contributed by atoms with E-state index in [-0.39, 0.29) is 18.9 Å². The molecule has 3 N–H and O–H groups in total. The molecule has 3 nitrogen and oxygen atoms in total. The Morgan fingerprint density at radius 2 is 1.95 bits per heavy atom. The summed E-state index contributed by atoms with van der Waals surface area (Å²) in [7, 11) is 0. The summed E-state index contributed by atoms with van der Waals surface area (Å²) in [5.41, 5.74) is 7.19. The molecule has 0 radical (unpaired) electrons. The summed E-state index contributed by atoms with van der Waals surface area (Å²) in [6, 6.07) is 12.1. The van der Waals surface area contributed by atoms with Crippen molar-refractivity contribution in [2.75, 3.05) is 12.3 Å². The van der Waals surface area contributed by atoms with Gasteiger partial charge >= 0.3 is 0 Å². The monoisotopic (exact) mass is 261 g/mol. The Morgan fingerprint density at radius 1 is 1.16 bits per heavy atom. The van der Waals surface area contributed by atoms with E-state index in [0.29, 0.717) is 17.7 Å². The smallest absolute Gasteiger partial charge is 0.146 e. The Balaban J connectivity index is 2.07. The second kappa shape index (κ2) is 6.20. The summed E-state index contributed by atoms with van der Waals surface area (Å²) >= 11 is 0. The third kappa shape index (κ3) is 3.45. The van der Waals surface area contributed by atoms with Gasteiger partial charge in [0.15, 0.2) is 0 Å². The SMILES string of the molecule is Nc1ccc(COc2ccccc2CCO)cc1F. The fourth-order valence-electron chi connectivity index (χ4n) is 1.79. The first-order valence-electron chi connectivity index (χ1n) is 6.06. The number of halogens is 1. The highest BCUT2D eigenvalue weighted by Crippen LogP contribution is 2.20. The van der Waals surface area contributed by atoms with Crippen LogP contribution in [0.4, 0.5) is 10.1 Å². The number of hydrogen-bond acceptors (Lipinski definition) is 3. The number of nitrogens with two attached hydrogens (primary N) is 1. The van der Waals surface area contributed by atoms with Crippen molar-refractivity contribution < 1.29 is 14.2 Å². The van der Waals surface area contributed by atoms with Gasteiger partial charge in [-0.25, -0.2) is 4.39 Å². The first-order valence-corrected chi connectivity index (χ1v) is 6.06. The molecule has 0 saturated carbocycles. The minimum absolute atomic E-state index is 0.0663. The Morgan fingerprint density at radius 3 is 2.68 bits per heavy atom. The number of aliphatic hydroxyl groups excluding tert-OH is 1. The van der Waals surface area contributed by atoms with Crippen molar-refractivity contribution in [3.63, 3.8) is 0 Å². The van der Waals surface area contributed by atoms with E-state index in [2.05, 4.69) is 0 Å². The van der Waals surface area contributed by atoms with Crippen LogP contribution in [0, 0.1) is 5.82 Å². The van der Waals surface area contributed by atoms with Crippen LogP contribution >= 0.6 is 0 Å². The summed E-state index contributed by atoms with van der Waals surface area (Å²) in [5, 5.41) is 8.98. The van der Waals surface area contributed by atoms with Gasteiger partial charge in [-0.1, -0.05) is 24.3 Å². The van der Waals surface area contributed by atoms with E-state index in [1.165, 1.54) is 12.1 Å². The summed E-state index contributed by atoms with van der Waals surface area (Å²) in [4.78, 5) is 0. The molecule has 19 heavy (non-hydrogen) atoms. The largest absolute Gasteiger partial charge is 0.489 e. The standard InChI is InChI=1S/C15H16FNO2/c16-13-9-11(5-6-14(13)17)10-19-15-4-2-1-3-12(15)7-8-18/h1-6,9,18H,7-8,10,17H2. The number of anilines is 1. The summed E-state index contributed by atoms with van der Waals surface area (Å²) in [6.07, 6.45) is 0.534. The van der Waals surface area contributed by atoms with Gasteiger partial charge in [-0.05, 0) is 35.7 Å². The molecular formula is C15H16FNO2. The Hall–Kier alpha value is -2.07. The first-order chi connectivity index (χ1) is 9.20. The first kappa shape index (κ1) is 13.4. The maximum absolute atomic E-state index is 13.3. The number of benzene rings is 2. The van der Waals surface area contributed by atoms with Crippen LogP contribution in [0.2, 0.25) is 0 Å². The number of aliphatic hydroxyl groups is 1. The van der Waals surface area contributed by atoms with E-state index >= 15 is 0 Å². The highest BCUT2D eigenvalue weighted by molar-refractivity contribution is 5.41. The zero-order valence-corrected chi connectivity index (χ0v) is 10.5. The fraction of sp³-hybridized carbons (Fsp3) is 0.200. The highest BCUT2D eigenvalue weighted by Gasteiger charge is 2.04. The maximum Gasteiger partial charge on any atom is 0.146 e. The van der Waals surface area contributed by atoms with Gasteiger partial charge in [0, 0.05) is 6.61 Å². The molecule has 0 saturated heterocycles. The van der Waals surface area contributed by atoms with Gasteiger partial charge < -0.3 is 15.6 Å². The van der Waals surface area contributed by atoms with Gasteiger partial charge in [-0.15, -0.1) is 0 Å². The lowest BCUT2D eigenvalue weighted by Crippen LogP contribution is -2.01. The fourth-order valence-corrected chi connectivity index (χ4v) is 1.79. The van der Waals surface area contributed by atoms with Crippen molar-refractivity contribution in [2.24, 2.45) is 0 Å². The molecular weight excluding hydrogens is 245 g/mol. The average Bonchev–Trinajstić information content (AvgIpc) is 2.42. The van der Waals surface area contributed by atoms with Crippen LogP contribution in [-0.2, 0) is 13.0 Å². The number of para-hydroxylation sites is 1. The molecule has 0 atom stereocenters. The molecule has 4 heteroatoms. The predicted molar refractivity (Wildman–Crippen MR) is 72.4 cm³/mol. The molecule has 0 aliphatic rings. The van der Waals surface area contributed by atoms with Crippen molar-refractivity contribution in [3.05, 3.63) is 59.4 Å². The van der Waals surface area contributed by atoms with E-state index in [4.69, 9.17) is 15.6 Å². The minimum Gasteiger partial charge on any atom is -0.489 e. The van der Waals surface area contributed by atoms with Crippen LogP contribution in [-0.4, -0.2) is 11.7 Å². The van der Waals surface area contributed by atoms with Gasteiger partial charge in [0.05, 0.1) is 5.69 Å². The maximum atomic E-state index is 13.3. The van der Waals surface area contributed by atoms with E-state index in [1.807, 2.05) is 24.3 Å². The molecule has 2 aromatic carbocycles. The summed E-state index contributed by atoms with van der Waals surface area (Å²) in [6.45, 7) is 0.330. The molecule has 0 fully saturated rings. The summed E-state index contributed by atoms with van der Waals surface area (Å²) in [5.74, 6) is 0.263. The van der Waals surface area contributed by atoms with Crippen LogP contribution in [0.3, 0.4) is 0 Å². The number of ether oxygens (including phenoxy) is 1. The molecule has 0 unspecified atom stereocenters. The normalized spacial score (nSPS) is 10.4. The molecule has 100 valence electrons. The lowest BCUT2D eigenvalue weighted by atomic mass is 10.1. The second-order valence-corrected chi connectivity index (χ2v) is 4.23. The van der Waals surface area contributed by atoms with Gasteiger partial charge in [-0.3, -0.25) is 0 Å². The molecule has 0 aliphatic heterocycles. The van der Waals surface area contributed by atoms with Crippen molar-refractivity contribution in [3.8, 4) is 5.75 Å². The quantitative estimate of drug-likeness (QED) is 0.813. The topological polar surface area (TPSA) is 55.5 Å². The van der Waals surface area contributed by atoms with Crippen LogP contribution in [0.25, 0.3) is 0 Å². The lowest BCUT2D eigenvalue weighted by molar-refractivity contribution is 0.284. The number of nitrogen functional groups attached to an aromatic ring is 1. The highest BCUT2D eigenvalue weighted by atomic mass is 19.1. The van der Waals surface area contributed by atoms with Crippen molar-refractivity contribution >= 4 is 5.69 Å². The third-order valence-electron chi connectivity index (χ3n) is 2.81. The molecule has 0 aromatic heterocycles. The molecule has 0 heterocycles. The molecule has 0 aliphatic carbocycles. The van der Waals surface area contributed by atoms with Crippen LogP contribution < -0.4 is 10.5 Å². The Bertz CT molecular complexity index is 558. The van der Waals surface area contributed by atoms with Crippen molar-refractivity contribution in [1.29, 1.82) is 0 Å². The van der Waals surface area contributed by atoms with Gasteiger partial charge in [0.25, 0.3) is 0 Å². The third-order valence-corrected chi connectivity index (χ3v) is 2.81. The average molecular weight is 261 g/mol.